The van der Waals surface area contributed by atoms with Gasteiger partial charge in [-0.1, -0.05) is 0 Å². The Morgan fingerprint density at radius 2 is 1.81 bits per heavy atom. The van der Waals surface area contributed by atoms with Gasteiger partial charge in [0.1, 0.15) is 4.88 Å². The van der Waals surface area contributed by atoms with Gasteiger partial charge in [0.2, 0.25) is 0 Å². The van der Waals surface area contributed by atoms with Crippen LogP contribution in [0.5, 0.6) is 0 Å². The minimum atomic E-state index is -0.974. The van der Waals surface area contributed by atoms with Crippen molar-refractivity contribution in [3.05, 3.63) is 21.9 Å². The van der Waals surface area contributed by atoms with Crippen molar-refractivity contribution < 1.29 is 14.7 Å². The number of carboxylic acid groups (broad SMARTS) is 1. The quantitative estimate of drug-likeness (QED) is 0.875. The third-order valence-corrected chi connectivity index (χ3v) is 4.33. The summed E-state index contributed by atoms with van der Waals surface area (Å²) in [7, 11) is 0. The first-order valence-electron chi connectivity index (χ1n) is 4.88. The highest BCUT2D eigenvalue weighted by atomic mass is 32.2. The summed E-state index contributed by atoms with van der Waals surface area (Å²) in [5, 5.41) is 8.77. The van der Waals surface area contributed by atoms with Crippen LogP contribution in [-0.2, 0) is 0 Å². The van der Waals surface area contributed by atoms with E-state index in [1.54, 1.807) is 11.0 Å². The molecule has 0 unspecified atom stereocenters. The SMILES string of the molecule is O=C(O)c1ccc(C(=O)N2CCSCC2)s1. The maximum Gasteiger partial charge on any atom is 0.345 e. The Kier molecular flexibility index (Phi) is 3.50. The molecule has 0 radical (unpaired) electrons. The number of nitrogens with zero attached hydrogens (tertiary/aromatic N) is 1. The lowest BCUT2D eigenvalue weighted by molar-refractivity contribution is 0.0701. The van der Waals surface area contributed by atoms with Gasteiger partial charge in [0.05, 0.1) is 4.88 Å². The molecule has 16 heavy (non-hydrogen) atoms. The fraction of sp³-hybridized carbons (Fsp3) is 0.400. The summed E-state index contributed by atoms with van der Waals surface area (Å²) < 4.78 is 0. The highest BCUT2D eigenvalue weighted by Gasteiger charge is 2.20. The fourth-order valence-electron chi connectivity index (χ4n) is 1.49. The highest BCUT2D eigenvalue weighted by Crippen LogP contribution is 2.20. The van der Waals surface area contributed by atoms with Crippen LogP contribution >= 0.6 is 23.1 Å². The summed E-state index contributed by atoms with van der Waals surface area (Å²) in [4.78, 5) is 25.2. The van der Waals surface area contributed by atoms with Crippen LogP contribution in [0.2, 0.25) is 0 Å². The summed E-state index contributed by atoms with van der Waals surface area (Å²) in [5.74, 6) is 0.905. The largest absolute Gasteiger partial charge is 0.477 e. The number of thiophene rings is 1. The van der Waals surface area contributed by atoms with E-state index in [9.17, 15) is 9.59 Å². The van der Waals surface area contributed by atoms with E-state index in [1.165, 1.54) is 6.07 Å². The van der Waals surface area contributed by atoms with Crippen molar-refractivity contribution in [2.75, 3.05) is 24.6 Å². The van der Waals surface area contributed by atoms with Crippen LogP contribution in [0.3, 0.4) is 0 Å². The maximum atomic E-state index is 12.0. The van der Waals surface area contributed by atoms with Gasteiger partial charge >= 0.3 is 5.97 Å². The molecule has 2 rings (SSSR count). The van der Waals surface area contributed by atoms with Gasteiger partial charge in [-0.25, -0.2) is 4.79 Å². The third-order valence-electron chi connectivity index (χ3n) is 2.33. The Labute approximate surface area is 101 Å². The summed E-state index contributed by atoms with van der Waals surface area (Å²) in [6, 6.07) is 3.08. The Bertz CT molecular complexity index is 410. The van der Waals surface area contributed by atoms with Crippen molar-refractivity contribution in [1.82, 2.24) is 4.90 Å². The number of carbonyl (C=O) groups excluding carboxylic acids is 1. The molecule has 1 amide bonds. The number of thioether (sulfide) groups is 1. The second-order valence-corrected chi connectivity index (χ2v) is 5.68. The van der Waals surface area contributed by atoms with Gasteiger partial charge in [-0.15, -0.1) is 11.3 Å². The average Bonchev–Trinajstić information content (AvgIpc) is 2.78. The molecule has 1 N–H and O–H groups in total. The van der Waals surface area contributed by atoms with Gasteiger partial charge < -0.3 is 10.0 Å². The van der Waals surface area contributed by atoms with E-state index in [2.05, 4.69) is 0 Å². The number of carboxylic acids is 1. The predicted octanol–water partition coefficient (Wildman–Crippen LogP) is 1.64. The predicted molar refractivity (Wildman–Crippen MR) is 64.5 cm³/mol. The van der Waals surface area contributed by atoms with Gasteiger partial charge in [0, 0.05) is 24.6 Å². The summed E-state index contributed by atoms with van der Waals surface area (Å²) in [5.41, 5.74) is 0. The van der Waals surface area contributed by atoms with Crippen LogP contribution in [0, 0.1) is 0 Å². The Morgan fingerprint density at radius 1 is 1.19 bits per heavy atom. The lowest BCUT2D eigenvalue weighted by Gasteiger charge is -2.25. The van der Waals surface area contributed by atoms with Crippen LogP contribution in [-0.4, -0.2) is 46.5 Å². The zero-order valence-electron chi connectivity index (χ0n) is 8.51. The monoisotopic (exact) mass is 257 g/mol. The molecule has 1 saturated heterocycles. The molecule has 86 valence electrons. The molecule has 4 nitrogen and oxygen atoms in total. The second kappa shape index (κ2) is 4.88. The minimum Gasteiger partial charge on any atom is -0.477 e. The van der Waals surface area contributed by atoms with Crippen molar-refractivity contribution in [1.29, 1.82) is 0 Å². The first-order chi connectivity index (χ1) is 7.68. The van der Waals surface area contributed by atoms with Crippen molar-refractivity contribution in [3.63, 3.8) is 0 Å². The van der Waals surface area contributed by atoms with Crippen LogP contribution in [0.15, 0.2) is 12.1 Å². The molecule has 0 aromatic carbocycles. The molecule has 1 fully saturated rings. The van der Waals surface area contributed by atoms with Crippen molar-refractivity contribution in [2.45, 2.75) is 0 Å². The Morgan fingerprint density at radius 3 is 2.38 bits per heavy atom. The van der Waals surface area contributed by atoms with Crippen LogP contribution in [0.4, 0.5) is 0 Å². The fourth-order valence-corrected chi connectivity index (χ4v) is 3.21. The summed E-state index contributed by atoms with van der Waals surface area (Å²) in [6.07, 6.45) is 0. The number of amides is 1. The lowest BCUT2D eigenvalue weighted by atomic mass is 10.3. The van der Waals surface area contributed by atoms with Crippen molar-refractivity contribution >= 4 is 35.0 Å². The molecule has 1 aliphatic heterocycles. The van der Waals surface area contributed by atoms with E-state index >= 15 is 0 Å². The smallest absolute Gasteiger partial charge is 0.345 e. The molecule has 0 atom stereocenters. The molecule has 1 aromatic heterocycles. The Balaban J connectivity index is 2.10. The number of aromatic carboxylic acids is 1. The molecule has 1 aliphatic rings. The maximum absolute atomic E-state index is 12.0. The Hall–Kier alpha value is -1.01. The molecular weight excluding hydrogens is 246 g/mol. The molecule has 0 aliphatic carbocycles. The van der Waals surface area contributed by atoms with Gasteiger partial charge in [-0.3, -0.25) is 4.79 Å². The molecule has 1 aromatic rings. The normalized spacial score (nSPS) is 16.1. The zero-order chi connectivity index (χ0) is 11.5. The van der Waals surface area contributed by atoms with Crippen LogP contribution < -0.4 is 0 Å². The first-order valence-corrected chi connectivity index (χ1v) is 6.86. The third kappa shape index (κ3) is 2.38. The summed E-state index contributed by atoms with van der Waals surface area (Å²) >= 11 is 2.88. The van der Waals surface area contributed by atoms with Crippen LogP contribution in [0.25, 0.3) is 0 Å². The zero-order valence-corrected chi connectivity index (χ0v) is 10.1. The molecule has 0 bridgehead atoms. The number of rotatable bonds is 2. The minimum absolute atomic E-state index is 0.0437. The standard InChI is InChI=1S/C10H11NO3S2/c12-9(11-3-5-15-6-4-11)7-1-2-8(16-7)10(13)14/h1-2H,3-6H2,(H,13,14). The average molecular weight is 257 g/mol. The van der Waals surface area contributed by atoms with E-state index in [0.717, 1.165) is 35.9 Å². The van der Waals surface area contributed by atoms with Crippen molar-refractivity contribution in [3.8, 4) is 0 Å². The molecule has 6 heteroatoms. The number of carbonyl (C=O) groups is 2. The molecule has 2 heterocycles. The van der Waals surface area contributed by atoms with Gasteiger partial charge in [-0.05, 0) is 12.1 Å². The molecule has 0 spiro atoms. The molecular formula is C10H11NO3S2. The summed E-state index contributed by atoms with van der Waals surface area (Å²) in [6.45, 7) is 1.51. The van der Waals surface area contributed by atoms with E-state index in [-0.39, 0.29) is 10.8 Å². The number of hydrogen-bond acceptors (Lipinski definition) is 4. The van der Waals surface area contributed by atoms with Crippen LogP contribution in [0.1, 0.15) is 19.3 Å². The van der Waals surface area contributed by atoms with E-state index < -0.39 is 5.97 Å². The molecule has 0 saturated carbocycles. The van der Waals surface area contributed by atoms with E-state index in [0.29, 0.717) is 4.88 Å². The van der Waals surface area contributed by atoms with Gasteiger partial charge in [0.25, 0.3) is 5.91 Å². The highest BCUT2D eigenvalue weighted by molar-refractivity contribution is 7.99. The number of hydrogen-bond donors (Lipinski definition) is 1. The van der Waals surface area contributed by atoms with Gasteiger partial charge in [0.15, 0.2) is 0 Å². The topological polar surface area (TPSA) is 57.6 Å². The second-order valence-electron chi connectivity index (χ2n) is 3.37. The van der Waals surface area contributed by atoms with E-state index in [1.807, 2.05) is 11.8 Å². The first kappa shape index (κ1) is 11.5. The van der Waals surface area contributed by atoms with Crippen molar-refractivity contribution in [2.24, 2.45) is 0 Å². The van der Waals surface area contributed by atoms with E-state index in [4.69, 9.17) is 5.11 Å². The lowest BCUT2D eigenvalue weighted by Crippen LogP contribution is -2.37. The van der Waals surface area contributed by atoms with Gasteiger partial charge in [-0.2, -0.15) is 11.8 Å².